The number of halogens is 4. The van der Waals surface area contributed by atoms with Gasteiger partial charge in [-0.3, -0.25) is 14.9 Å². The molecule has 1 fully saturated rings. The van der Waals surface area contributed by atoms with Crippen LogP contribution in [0.1, 0.15) is 16.8 Å². The monoisotopic (exact) mass is 322 g/mol. The average molecular weight is 322 g/mol. The van der Waals surface area contributed by atoms with Gasteiger partial charge in [-0.1, -0.05) is 0 Å². The van der Waals surface area contributed by atoms with Crippen LogP contribution in [-0.2, 0) is 0 Å². The number of carbonyl (C=O) groups excluding carboxylic acids is 1. The lowest BCUT2D eigenvalue weighted by Crippen LogP contribution is -2.48. The summed E-state index contributed by atoms with van der Waals surface area (Å²) in [6.07, 6.45) is -5.62. The Bertz CT molecular complexity index is 634. The van der Waals surface area contributed by atoms with Gasteiger partial charge in [0, 0.05) is 19.0 Å². The zero-order chi connectivity index (χ0) is 16.7. The smallest absolute Gasteiger partial charge is 0.379 e. The fourth-order valence-corrected chi connectivity index (χ4v) is 2.16. The number of aliphatic hydroxyl groups is 1. The minimum atomic E-state index is -4.91. The quantitative estimate of drug-likeness (QED) is 0.512. The van der Waals surface area contributed by atoms with E-state index in [0.29, 0.717) is 11.0 Å². The van der Waals surface area contributed by atoms with E-state index in [-0.39, 0.29) is 0 Å². The molecule has 1 aliphatic rings. The van der Waals surface area contributed by atoms with Gasteiger partial charge >= 0.3 is 6.18 Å². The minimum absolute atomic E-state index is 0.398. The van der Waals surface area contributed by atoms with E-state index < -0.39 is 59.2 Å². The Morgan fingerprint density at radius 3 is 2.50 bits per heavy atom. The lowest BCUT2D eigenvalue weighted by molar-refractivity contribution is -0.385. The normalized spacial score (nSPS) is 22.0. The third-order valence-corrected chi connectivity index (χ3v) is 3.46. The van der Waals surface area contributed by atoms with Gasteiger partial charge in [0.25, 0.3) is 11.6 Å². The van der Waals surface area contributed by atoms with E-state index in [9.17, 15) is 37.6 Å². The van der Waals surface area contributed by atoms with Crippen LogP contribution >= 0.6 is 0 Å². The molecule has 0 bridgehead atoms. The van der Waals surface area contributed by atoms with Crippen molar-refractivity contribution in [1.82, 2.24) is 4.90 Å². The number of likely N-dealkylation sites (tertiary alicyclic amines) is 1. The fourth-order valence-electron chi connectivity index (χ4n) is 2.16. The van der Waals surface area contributed by atoms with Crippen molar-refractivity contribution in [2.45, 2.75) is 18.2 Å². The molecule has 22 heavy (non-hydrogen) atoms. The topological polar surface area (TPSA) is 83.7 Å². The first kappa shape index (κ1) is 16.1. The molecule has 1 aromatic rings. The van der Waals surface area contributed by atoms with E-state index >= 15 is 0 Å². The predicted octanol–water partition coefficient (Wildman–Crippen LogP) is 1.87. The highest BCUT2D eigenvalue weighted by atomic mass is 19.4. The molecule has 10 heteroatoms. The molecule has 120 valence electrons. The van der Waals surface area contributed by atoms with Gasteiger partial charge in [0.2, 0.25) is 0 Å². The van der Waals surface area contributed by atoms with Gasteiger partial charge in [-0.25, -0.2) is 4.39 Å². The summed E-state index contributed by atoms with van der Waals surface area (Å²) in [5, 5.41) is 19.9. The van der Waals surface area contributed by atoms with Crippen LogP contribution in [0.2, 0.25) is 0 Å². The first-order valence-electron chi connectivity index (χ1n) is 6.07. The maximum Gasteiger partial charge on any atom is 0.419 e. The second-order valence-corrected chi connectivity index (χ2v) is 4.93. The summed E-state index contributed by atoms with van der Waals surface area (Å²) in [6, 6.07) is 2.22. The molecule has 1 amide bonds. The number of non-ortho nitro benzene ring substituents is 1. The molecule has 0 saturated carbocycles. The lowest BCUT2D eigenvalue weighted by Gasteiger charge is -2.25. The standard InChI is InChI=1S/C12H10F4N2O4/c13-9-5-7(18(21)22)1-2-8(9)10(19)17-4-3-11(20,6-17)12(14,15)16/h1-2,5,20H,3-4,6H2/t11-/m1/s1. The third-order valence-electron chi connectivity index (χ3n) is 3.46. The average Bonchev–Trinajstić information content (AvgIpc) is 2.81. The molecule has 0 aliphatic carbocycles. The summed E-state index contributed by atoms with van der Waals surface area (Å²) in [5.41, 5.74) is -4.20. The van der Waals surface area contributed by atoms with Gasteiger partial charge in [-0.05, 0) is 6.07 Å². The molecule has 1 atom stereocenters. The zero-order valence-electron chi connectivity index (χ0n) is 10.9. The van der Waals surface area contributed by atoms with E-state index in [0.717, 1.165) is 12.1 Å². The van der Waals surface area contributed by atoms with E-state index in [2.05, 4.69) is 0 Å². The number of amides is 1. The Morgan fingerprint density at radius 2 is 2.05 bits per heavy atom. The number of nitro groups is 1. The van der Waals surface area contributed by atoms with Crippen molar-refractivity contribution in [2.75, 3.05) is 13.1 Å². The number of benzene rings is 1. The Balaban J connectivity index is 2.22. The van der Waals surface area contributed by atoms with Crippen molar-refractivity contribution in [1.29, 1.82) is 0 Å². The predicted molar refractivity (Wildman–Crippen MR) is 64.6 cm³/mol. The maximum atomic E-state index is 13.7. The zero-order valence-corrected chi connectivity index (χ0v) is 10.9. The highest BCUT2D eigenvalue weighted by molar-refractivity contribution is 5.95. The molecule has 1 aliphatic heterocycles. The molecule has 2 rings (SSSR count). The van der Waals surface area contributed by atoms with E-state index in [4.69, 9.17) is 0 Å². The number of carbonyl (C=O) groups is 1. The third kappa shape index (κ3) is 2.73. The molecule has 0 unspecified atom stereocenters. The summed E-state index contributed by atoms with van der Waals surface area (Å²) in [4.78, 5) is 22.3. The number of nitro benzene ring substituents is 1. The van der Waals surface area contributed by atoms with Gasteiger partial charge in [0.1, 0.15) is 5.82 Å². The van der Waals surface area contributed by atoms with Crippen LogP contribution < -0.4 is 0 Å². The van der Waals surface area contributed by atoms with Crippen LogP contribution in [0, 0.1) is 15.9 Å². The molecule has 1 aromatic carbocycles. The summed E-state index contributed by atoms with van der Waals surface area (Å²) in [7, 11) is 0. The van der Waals surface area contributed by atoms with Crippen LogP contribution in [-0.4, -0.2) is 45.7 Å². The molecule has 1 saturated heterocycles. The lowest BCUT2D eigenvalue weighted by atomic mass is 10.0. The number of nitrogens with zero attached hydrogens (tertiary/aromatic N) is 2. The van der Waals surface area contributed by atoms with Crippen LogP contribution in [0.5, 0.6) is 0 Å². The molecular weight excluding hydrogens is 312 g/mol. The highest BCUT2D eigenvalue weighted by Crippen LogP contribution is 2.38. The van der Waals surface area contributed by atoms with Crippen LogP contribution in [0.15, 0.2) is 18.2 Å². The second-order valence-electron chi connectivity index (χ2n) is 4.93. The van der Waals surface area contributed by atoms with Gasteiger partial charge in [-0.2, -0.15) is 13.2 Å². The summed E-state index contributed by atoms with van der Waals surface area (Å²) in [6.45, 7) is -1.41. The van der Waals surface area contributed by atoms with Gasteiger partial charge in [-0.15, -0.1) is 0 Å². The summed E-state index contributed by atoms with van der Waals surface area (Å²) >= 11 is 0. The molecule has 0 radical (unpaired) electrons. The first-order chi connectivity index (χ1) is 10.0. The van der Waals surface area contributed by atoms with Crippen molar-refractivity contribution >= 4 is 11.6 Å². The maximum absolute atomic E-state index is 13.7. The van der Waals surface area contributed by atoms with Crippen molar-refractivity contribution in [3.63, 3.8) is 0 Å². The second kappa shape index (κ2) is 5.20. The number of rotatable bonds is 2. The first-order valence-corrected chi connectivity index (χ1v) is 6.07. The van der Waals surface area contributed by atoms with Crippen molar-refractivity contribution in [3.8, 4) is 0 Å². The number of hydrogen-bond donors (Lipinski definition) is 1. The van der Waals surface area contributed by atoms with Gasteiger partial charge in [0.05, 0.1) is 23.1 Å². The summed E-state index contributed by atoms with van der Waals surface area (Å²) in [5.74, 6) is -2.27. The van der Waals surface area contributed by atoms with E-state index in [1.807, 2.05) is 0 Å². The Morgan fingerprint density at radius 1 is 1.41 bits per heavy atom. The largest absolute Gasteiger partial charge is 0.419 e. The molecule has 6 nitrogen and oxygen atoms in total. The molecule has 0 aromatic heterocycles. The van der Waals surface area contributed by atoms with Gasteiger partial charge < -0.3 is 10.0 Å². The van der Waals surface area contributed by atoms with Crippen LogP contribution in [0.4, 0.5) is 23.2 Å². The molecular formula is C12H10F4N2O4. The SMILES string of the molecule is O=C(c1ccc([N+](=O)[O-])cc1F)N1CC[C@](O)(C(F)(F)F)C1. The number of hydrogen-bond acceptors (Lipinski definition) is 4. The Labute approximate surface area is 121 Å². The van der Waals surface area contributed by atoms with Crippen molar-refractivity contribution in [3.05, 3.63) is 39.7 Å². The Kier molecular flexibility index (Phi) is 3.81. The fraction of sp³-hybridized carbons (Fsp3) is 0.417. The molecule has 1 N–H and O–H groups in total. The van der Waals surface area contributed by atoms with E-state index in [1.165, 1.54) is 0 Å². The van der Waals surface area contributed by atoms with Crippen LogP contribution in [0.25, 0.3) is 0 Å². The number of alkyl halides is 3. The van der Waals surface area contributed by atoms with Crippen LogP contribution in [0.3, 0.4) is 0 Å². The molecule has 0 spiro atoms. The Hall–Kier alpha value is -2.23. The summed E-state index contributed by atoms with van der Waals surface area (Å²) < 4.78 is 51.7. The van der Waals surface area contributed by atoms with E-state index in [1.54, 1.807) is 0 Å². The van der Waals surface area contributed by atoms with Crippen molar-refractivity contribution < 1.29 is 32.4 Å². The molecule has 1 heterocycles. The minimum Gasteiger partial charge on any atom is -0.379 e. The highest BCUT2D eigenvalue weighted by Gasteiger charge is 2.57. The number of β-amino-alcohol motifs (C(OH)–C–C–N with tert-alkyl or cyclic N) is 1. The van der Waals surface area contributed by atoms with Crippen molar-refractivity contribution in [2.24, 2.45) is 0 Å². The van der Waals surface area contributed by atoms with Gasteiger partial charge in [0.15, 0.2) is 5.60 Å².